The van der Waals surface area contributed by atoms with Gasteiger partial charge in [-0.25, -0.2) is 4.39 Å². The van der Waals surface area contributed by atoms with Crippen LogP contribution in [0.25, 0.3) is 0 Å². The predicted octanol–water partition coefficient (Wildman–Crippen LogP) is 2.76. The molecular formula is C16H13ClFNO3. The van der Waals surface area contributed by atoms with E-state index in [0.717, 1.165) is 0 Å². The molecule has 0 aliphatic carbocycles. The number of amides is 1. The summed E-state index contributed by atoms with van der Waals surface area (Å²) in [6, 6.07) is 9.31. The molecule has 1 amide bonds. The summed E-state index contributed by atoms with van der Waals surface area (Å²) in [5, 5.41) is 12.0. The molecule has 0 aliphatic rings. The van der Waals surface area contributed by atoms with Gasteiger partial charge in [-0.2, -0.15) is 0 Å². The van der Waals surface area contributed by atoms with Crippen molar-refractivity contribution < 1.29 is 19.1 Å². The lowest BCUT2D eigenvalue weighted by atomic mass is 10.1. The molecule has 2 aromatic rings. The average molecular weight is 322 g/mol. The number of hydrogen-bond acceptors (Lipinski definition) is 3. The highest BCUT2D eigenvalue weighted by atomic mass is 35.5. The van der Waals surface area contributed by atoms with Gasteiger partial charge >= 0.3 is 0 Å². The van der Waals surface area contributed by atoms with Crippen molar-refractivity contribution in [2.24, 2.45) is 0 Å². The van der Waals surface area contributed by atoms with Crippen molar-refractivity contribution in [2.75, 3.05) is 6.61 Å². The van der Waals surface area contributed by atoms with Crippen LogP contribution in [0.3, 0.4) is 0 Å². The molecule has 0 heterocycles. The van der Waals surface area contributed by atoms with Crippen LogP contribution in [0.15, 0.2) is 42.5 Å². The Balaban J connectivity index is 2.16. The van der Waals surface area contributed by atoms with Crippen molar-refractivity contribution in [3.05, 3.63) is 70.0 Å². The van der Waals surface area contributed by atoms with E-state index in [1.165, 1.54) is 42.5 Å². The lowest BCUT2D eigenvalue weighted by Crippen LogP contribution is -2.30. The third-order valence-corrected chi connectivity index (χ3v) is 3.45. The molecule has 4 nitrogen and oxygen atoms in total. The number of nitrogens with one attached hydrogen (secondary N) is 1. The topological polar surface area (TPSA) is 66.4 Å². The van der Waals surface area contributed by atoms with E-state index in [1.807, 2.05) is 0 Å². The fourth-order valence-electron chi connectivity index (χ4n) is 1.92. The van der Waals surface area contributed by atoms with Gasteiger partial charge in [0.25, 0.3) is 5.91 Å². The van der Waals surface area contributed by atoms with Crippen LogP contribution in [0.2, 0.25) is 5.02 Å². The zero-order valence-electron chi connectivity index (χ0n) is 11.4. The zero-order valence-corrected chi connectivity index (χ0v) is 12.2. The van der Waals surface area contributed by atoms with Gasteiger partial charge in [0.1, 0.15) is 12.1 Å². The first-order valence-electron chi connectivity index (χ1n) is 6.47. The molecule has 2 rings (SSSR count). The van der Waals surface area contributed by atoms with E-state index in [-0.39, 0.29) is 11.6 Å². The Kier molecular flexibility index (Phi) is 5.25. The van der Waals surface area contributed by atoms with Gasteiger partial charge in [-0.3, -0.25) is 9.59 Å². The van der Waals surface area contributed by atoms with Gasteiger partial charge in [0, 0.05) is 11.1 Å². The third kappa shape index (κ3) is 3.69. The van der Waals surface area contributed by atoms with Crippen molar-refractivity contribution in [3.8, 4) is 0 Å². The molecule has 0 aliphatic heterocycles. The highest BCUT2D eigenvalue weighted by Crippen LogP contribution is 2.20. The fourth-order valence-corrected chi connectivity index (χ4v) is 2.04. The fraction of sp³-hybridized carbons (Fsp3) is 0.125. The monoisotopic (exact) mass is 321 g/mol. The number of aliphatic hydroxyl groups excluding tert-OH is 1. The largest absolute Gasteiger partial charge is 0.394 e. The van der Waals surface area contributed by atoms with Crippen molar-refractivity contribution in [2.45, 2.75) is 6.04 Å². The molecule has 1 atom stereocenters. The van der Waals surface area contributed by atoms with E-state index in [9.17, 15) is 19.1 Å². The number of rotatable bonds is 5. The number of hydrogen-bond donors (Lipinski definition) is 2. The number of carbonyl (C=O) groups is 2. The molecule has 6 heteroatoms. The van der Waals surface area contributed by atoms with E-state index in [2.05, 4.69) is 5.32 Å². The lowest BCUT2D eigenvalue weighted by Gasteiger charge is -2.17. The number of halogens is 2. The Morgan fingerprint density at radius 3 is 2.50 bits per heavy atom. The molecular weight excluding hydrogens is 309 g/mol. The van der Waals surface area contributed by atoms with Crippen molar-refractivity contribution in [3.63, 3.8) is 0 Å². The number of carbonyl (C=O) groups excluding carboxylic acids is 2. The first kappa shape index (κ1) is 16.1. The second-order valence-corrected chi connectivity index (χ2v) is 5.03. The Morgan fingerprint density at radius 1 is 1.27 bits per heavy atom. The van der Waals surface area contributed by atoms with Crippen LogP contribution in [-0.4, -0.2) is 23.9 Å². The van der Waals surface area contributed by atoms with E-state index in [0.29, 0.717) is 23.0 Å². The Bertz CT molecular complexity index is 688. The first-order valence-corrected chi connectivity index (χ1v) is 6.85. The summed E-state index contributed by atoms with van der Waals surface area (Å²) in [6.07, 6.45) is 0.675. The van der Waals surface area contributed by atoms with Crippen LogP contribution in [-0.2, 0) is 0 Å². The van der Waals surface area contributed by atoms with Crippen molar-refractivity contribution >= 4 is 23.8 Å². The van der Waals surface area contributed by atoms with Crippen molar-refractivity contribution in [1.29, 1.82) is 0 Å². The number of aldehydes is 1. The van der Waals surface area contributed by atoms with E-state index in [1.54, 1.807) is 0 Å². The summed E-state index contributed by atoms with van der Waals surface area (Å²) in [7, 11) is 0. The standard InChI is InChI=1S/C16H13ClFNO3/c17-13-6-5-12(7-14(13)18)15(9-21)19-16(22)11-3-1-10(8-20)2-4-11/h1-8,15,21H,9H2,(H,19,22). The molecule has 2 aromatic carbocycles. The maximum Gasteiger partial charge on any atom is 0.251 e. The summed E-state index contributed by atoms with van der Waals surface area (Å²) in [6.45, 7) is -0.390. The maximum atomic E-state index is 13.5. The summed E-state index contributed by atoms with van der Waals surface area (Å²) in [5.74, 6) is -1.06. The number of benzene rings is 2. The summed E-state index contributed by atoms with van der Waals surface area (Å²) in [4.78, 5) is 22.7. The van der Waals surface area contributed by atoms with Crippen LogP contribution < -0.4 is 5.32 Å². The summed E-state index contributed by atoms with van der Waals surface area (Å²) >= 11 is 5.61. The maximum absolute atomic E-state index is 13.5. The first-order chi connectivity index (χ1) is 10.5. The van der Waals surface area contributed by atoms with Crippen molar-refractivity contribution in [1.82, 2.24) is 5.32 Å². The quantitative estimate of drug-likeness (QED) is 0.832. The second kappa shape index (κ2) is 7.15. The number of aliphatic hydroxyl groups is 1. The Morgan fingerprint density at radius 2 is 1.95 bits per heavy atom. The normalized spacial score (nSPS) is 11.8. The molecule has 0 aromatic heterocycles. The highest BCUT2D eigenvalue weighted by molar-refractivity contribution is 6.30. The minimum absolute atomic E-state index is 0.0313. The zero-order chi connectivity index (χ0) is 16.1. The van der Waals surface area contributed by atoms with E-state index >= 15 is 0 Å². The molecule has 2 N–H and O–H groups in total. The minimum atomic E-state index is -0.759. The molecule has 0 saturated heterocycles. The van der Waals surface area contributed by atoms with Crippen LogP contribution in [0.1, 0.15) is 32.3 Å². The van der Waals surface area contributed by atoms with Gasteiger partial charge in [-0.15, -0.1) is 0 Å². The lowest BCUT2D eigenvalue weighted by molar-refractivity contribution is 0.0915. The molecule has 0 radical (unpaired) electrons. The minimum Gasteiger partial charge on any atom is -0.394 e. The molecule has 0 bridgehead atoms. The predicted molar refractivity (Wildman–Crippen MR) is 80.5 cm³/mol. The van der Waals surface area contributed by atoms with Gasteiger partial charge in [0.05, 0.1) is 17.7 Å². The van der Waals surface area contributed by atoms with Gasteiger partial charge in [-0.1, -0.05) is 29.8 Å². The molecule has 114 valence electrons. The van der Waals surface area contributed by atoms with Crippen LogP contribution in [0.5, 0.6) is 0 Å². The van der Waals surface area contributed by atoms with Crippen LogP contribution in [0, 0.1) is 5.82 Å². The molecule has 0 saturated carbocycles. The van der Waals surface area contributed by atoms with E-state index in [4.69, 9.17) is 11.6 Å². The van der Waals surface area contributed by atoms with E-state index < -0.39 is 17.8 Å². The smallest absolute Gasteiger partial charge is 0.251 e. The average Bonchev–Trinajstić information content (AvgIpc) is 2.55. The van der Waals surface area contributed by atoms with Gasteiger partial charge in [0.2, 0.25) is 0 Å². The van der Waals surface area contributed by atoms with Gasteiger partial charge in [-0.05, 0) is 29.8 Å². The Labute approximate surface area is 131 Å². The highest BCUT2D eigenvalue weighted by Gasteiger charge is 2.16. The second-order valence-electron chi connectivity index (χ2n) is 4.62. The summed E-state index contributed by atoms with van der Waals surface area (Å²) < 4.78 is 13.5. The van der Waals surface area contributed by atoms with Gasteiger partial charge < -0.3 is 10.4 Å². The third-order valence-electron chi connectivity index (χ3n) is 3.14. The SMILES string of the molecule is O=Cc1ccc(C(=O)NC(CO)c2ccc(Cl)c(F)c2)cc1. The van der Waals surface area contributed by atoms with Crippen LogP contribution >= 0.6 is 11.6 Å². The van der Waals surface area contributed by atoms with Crippen LogP contribution in [0.4, 0.5) is 4.39 Å². The molecule has 1 unspecified atom stereocenters. The molecule has 0 fully saturated rings. The Hall–Kier alpha value is -2.24. The molecule has 22 heavy (non-hydrogen) atoms. The summed E-state index contributed by atoms with van der Waals surface area (Å²) in [5.41, 5.74) is 1.19. The van der Waals surface area contributed by atoms with Gasteiger partial charge in [0.15, 0.2) is 0 Å². The molecule has 0 spiro atoms.